The van der Waals surface area contributed by atoms with Crippen molar-refractivity contribution in [3.8, 4) is 0 Å². The second-order valence-electron chi connectivity index (χ2n) is 3.32. The van der Waals surface area contributed by atoms with Gasteiger partial charge in [0.15, 0.2) is 0 Å². The van der Waals surface area contributed by atoms with E-state index in [2.05, 4.69) is 10.5 Å². The van der Waals surface area contributed by atoms with E-state index in [9.17, 15) is 4.79 Å². The fraction of sp³-hybridized carbons (Fsp3) is 0.750. The quantitative estimate of drug-likeness (QED) is 0.596. The van der Waals surface area contributed by atoms with Crippen molar-refractivity contribution < 1.29 is 4.79 Å². The number of hydrazone groups is 1. The van der Waals surface area contributed by atoms with Crippen LogP contribution in [0.1, 0.15) is 25.7 Å². The summed E-state index contributed by atoms with van der Waals surface area (Å²) in [5.74, 6) is 0.746. The summed E-state index contributed by atoms with van der Waals surface area (Å²) >= 11 is 0. The molecule has 1 aliphatic heterocycles. The average molecular weight is 152 g/mol. The van der Waals surface area contributed by atoms with E-state index in [-0.39, 0.29) is 11.8 Å². The molecule has 11 heavy (non-hydrogen) atoms. The summed E-state index contributed by atoms with van der Waals surface area (Å²) in [4.78, 5) is 11.1. The molecule has 0 aromatic rings. The van der Waals surface area contributed by atoms with E-state index in [0.29, 0.717) is 5.92 Å². The van der Waals surface area contributed by atoms with Crippen LogP contribution in [0.5, 0.6) is 0 Å². The maximum absolute atomic E-state index is 11.1. The highest BCUT2D eigenvalue weighted by Gasteiger charge is 2.31. The predicted molar refractivity (Wildman–Crippen MR) is 42.1 cm³/mol. The molecule has 3 nitrogen and oxygen atoms in total. The van der Waals surface area contributed by atoms with Crippen molar-refractivity contribution in [3.05, 3.63) is 0 Å². The molecule has 1 aliphatic carbocycles. The molecular formula is C8H12N2O. The maximum Gasteiger partial charge on any atom is 0.248 e. The van der Waals surface area contributed by atoms with Crippen molar-refractivity contribution in [1.82, 2.24) is 5.43 Å². The summed E-state index contributed by atoms with van der Waals surface area (Å²) < 4.78 is 0. The predicted octanol–water partition coefficient (Wildman–Crippen LogP) is 0.908. The fourth-order valence-corrected chi connectivity index (χ4v) is 1.98. The Balaban J connectivity index is 2.02. The van der Waals surface area contributed by atoms with E-state index in [1.807, 2.05) is 0 Å². The molecule has 0 saturated heterocycles. The molecule has 1 unspecified atom stereocenters. The van der Waals surface area contributed by atoms with E-state index in [4.69, 9.17) is 0 Å². The molecule has 60 valence electrons. The number of nitrogens with zero attached hydrogens (tertiary/aromatic N) is 1. The van der Waals surface area contributed by atoms with Crippen LogP contribution in [0.3, 0.4) is 0 Å². The molecule has 2 rings (SSSR count). The molecule has 1 N–H and O–H groups in total. The molecule has 0 aromatic heterocycles. The second-order valence-corrected chi connectivity index (χ2v) is 3.32. The Hall–Kier alpha value is -0.860. The number of rotatable bonds is 1. The lowest BCUT2D eigenvalue weighted by molar-refractivity contribution is -0.123. The largest absolute Gasteiger partial charge is 0.272 e. The van der Waals surface area contributed by atoms with Gasteiger partial charge < -0.3 is 0 Å². The molecule has 1 fully saturated rings. The first-order chi connectivity index (χ1) is 5.38. The van der Waals surface area contributed by atoms with Gasteiger partial charge in [-0.15, -0.1) is 0 Å². The number of carbonyl (C=O) groups excluding carboxylic acids is 1. The molecule has 1 amide bonds. The fourth-order valence-electron chi connectivity index (χ4n) is 1.98. The van der Waals surface area contributed by atoms with Crippen LogP contribution in [0.4, 0.5) is 0 Å². The van der Waals surface area contributed by atoms with Crippen molar-refractivity contribution in [3.63, 3.8) is 0 Å². The molecule has 1 atom stereocenters. The maximum atomic E-state index is 11.1. The third-order valence-corrected chi connectivity index (χ3v) is 2.62. The highest BCUT2D eigenvalue weighted by Crippen LogP contribution is 2.31. The van der Waals surface area contributed by atoms with Gasteiger partial charge in [-0.3, -0.25) is 4.79 Å². The van der Waals surface area contributed by atoms with Gasteiger partial charge in [-0.05, 0) is 18.8 Å². The Morgan fingerprint density at radius 2 is 2.18 bits per heavy atom. The normalized spacial score (nSPS) is 31.3. The number of hydrogen-bond donors (Lipinski definition) is 1. The van der Waals surface area contributed by atoms with Crippen LogP contribution in [0.15, 0.2) is 5.10 Å². The molecule has 2 aliphatic rings. The Morgan fingerprint density at radius 1 is 1.45 bits per heavy atom. The van der Waals surface area contributed by atoms with Crippen LogP contribution in [0.25, 0.3) is 0 Å². The lowest BCUT2D eigenvalue weighted by atomic mass is 9.92. The van der Waals surface area contributed by atoms with Crippen LogP contribution in [-0.2, 0) is 4.79 Å². The minimum atomic E-state index is 0.0810. The third kappa shape index (κ3) is 1.15. The second kappa shape index (κ2) is 2.64. The van der Waals surface area contributed by atoms with E-state index < -0.39 is 0 Å². The van der Waals surface area contributed by atoms with E-state index in [0.717, 1.165) is 0 Å². The van der Waals surface area contributed by atoms with Crippen LogP contribution in [-0.4, -0.2) is 12.1 Å². The molecule has 1 heterocycles. The van der Waals surface area contributed by atoms with Gasteiger partial charge in [0, 0.05) is 6.21 Å². The van der Waals surface area contributed by atoms with Crippen molar-refractivity contribution in [2.75, 3.05) is 0 Å². The minimum absolute atomic E-state index is 0.0810. The minimum Gasteiger partial charge on any atom is -0.272 e. The average Bonchev–Trinajstić information content (AvgIpc) is 2.55. The summed E-state index contributed by atoms with van der Waals surface area (Å²) in [5, 5.41) is 3.77. The third-order valence-electron chi connectivity index (χ3n) is 2.62. The molecule has 0 bridgehead atoms. The van der Waals surface area contributed by atoms with Crippen LogP contribution >= 0.6 is 0 Å². The van der Waals surface area contributed by atoms with Crippen molar-refractivity contribution in [2.45, 2.75) is 25.7 Å². The molecule has 3 heteroatoms. The van der Waals surface area contributed by atoms with Crippen LogP contribution < -0.4 is 5.43 Å². The molecular weight excluding hydrogens is 140 g/mol. The lowest BCUT2D eigenvalue weighted by Crippen LogP contribution is -2.25. The lowest BCUT2D eigenvalue weighted by Gasteiger charge is -2.11. The Kier molecular flexibility index (Phi) is 1.64. The first kappa shape index (κ1) is 6.83. The molecule has 0 spiro atoms. The van der Waals surface area contributed by atoms with Crippen LogP contribution in [0, 0.1) is 11.8 Å². The first-order valence-electron chi connectivity index (χ1n) is 4.21. The smallest absolute Gasteiger partial charge is 0.248 e. The zero-order chi connectivity index (χ0) is 7.68. The summed E-state index contributed by atoms with van der Waals surface area (Å²) in [7, 11) is 0. The van der Waals surface area contributed by atoms with Gasteiger partial charge in [-0.2, -0.15) is 5.10 Å². The van der Waals surface area contributed by atoms with Gasteiger partial charge in [0.05, 0.1) is 5.92 Å². The number of carbonyl (C=O) groups is 1. The zero-order valence-electron chi connectivity index (χ0n) is 6.42. The number of nitrogens with one attached hydrogen (secondary N) is 1. The summed E-state index contributed by atoms with van der Waals surface area (Å²) in [5.41, 5.74) is 2.48. The van der Waals surface area contributed by atoms with Gasteiger partial charge in [-0.1, -0.05) is 12.8 Å². The highest BCUT2D eigenvalue weighted by molar-refractivity contribution is 5.97. The summed E-state index contributed by atoms with van der Waals surface area (Å²) in [6.07, 6.45) is 6.72. The van der Waals surface area contributed by atoms with E-state index in [1.165, 1.54) is 25.7 Å². The zero-order valence-corrected chi connectivity index (χ0v) is 6.42. The van der Waals surface area contributed by atoms with Gasteiger partial charge in [0.1, 0.15) is 0 Å². The SMILES string of the molecule is O=C1NN=CC1C1CCCC1. The first-order valence-corrected chi connectivity index (χ1v) is 4.21. The molecule has 0 radical (unpaired) electrons. The summed E-state index contributed by atoms with van der Waals surface area (Å²) in [6, 6.07) is 0. The topological polar surface area (TPSA) is 41.5 Å². The van der Waals surface area contributed by atoms with Crippen molar-refractivity contribution in [1.29, 1.82) is 0 Å². The molecule has 1 saturated carbocycles. The summed E-state index contributed by atoms with van der Waals surface area (Å²) in [6.45, 7) is 0. The van der Waals surface area contributed by atoms with Gasteiger partial charge in [-0.25, -0.2) is 5.43 Å². The Morgan fingerprint density at radius 3 is 2.73 bits per heavy atom. The highest BCUT2D eigenvalue weighted by atomic mass is 16.2. The monoisotopic (exact) mass is 152 g/mol. The van der Waals surface area contributed by atoms with Gasteiger partial charge >= 0.3 is 0 Å². The van der Waals surface area contributed by atoms with E-state index >= 15 is 0 Å². The van der Waals surface area contributed by atoms with Gasteiger partial charge in [0.2, 0.25) is 5.91 Å². The van der Waals surface area contributed by atoms with Crippen molar-refractivity contribution >= 4 is 12.1 Å². The Labute approximate surface area is 65.9 Å². The van der Waals surface area contributed by atoms with E-state index in [1.54, 1.807) is 6.21 Å². The number of hydrogen-bond acceptors (Lipinski definition) is 2. The molecule has 0 aromatic carbocycles. The van der Waals surface area contributed by atoms with Gasteiger partial charge in [0.25, 0.3) is 0 Å². The Bertz CT molecular complexity index is 194. The standard InChI is InChI=1S/C8H12N2O/c11-8-7(5-9-10-8)6-3-1-2-4-6/h5-7H,1-4H2,(H,10,11). The number of amides is 1. The van der Waals surface area contributed by atoms with Crippen LogP contribution in [0.2, 0.25) is 0 Å². The van der Waals surface area contributed by atoms with Crippen molar-refractivity contribution in [2.24, 2.45) is 16.9 Å².